The van der Waals surface area contributed by atoms with Crippen molar-refractivity contribution in [1.82, 2.24) is 4.72 Å². The summed E-state index contributed by atoms with van der Waals surface area (Å²) in [5.74, 6) is 0.483. The minimum absolute atomic E-state index is 0.194. The zero-order chi connectivity index (χ0) is 21.1. The molecule has 2 N–H and O–H groups in total. The van der Waals surface area contributed by atoms with Crippen LogP contribution in [0.4, 0.5) is 5.69 Å². The van der Waals surface area contributed by atoms with Crippen molar-refractivity contribution in [3.63, 3.8) is 0 Å². The van der Waals surface area contributed by atoms with E-state index in [2.05, 4.69) is 10.0 Å². The van der Waals surface area contributed by atoms with Crippen molar-refractivity contribution in [2.75, 3.05) is 19.5 Å². The van der Waals surface area contributed by atoms with Gasteiger partial charge in [-0.3, -0.25) is 4.79 Å². The molecule has 0 aliphatic heterocycles. The average molecular weight is 407 g/mol. The molecular formula is C20H26N2O5S. The highest BCUT2D eigenvalue weighted by molar-refractivity contribution is 7.89. The molecule has 1 unspecified atom stereocenters. The van der Waals surface area contributed by atoms with Crippen LogP contribution in [0.5, 0.6) is 11.5 Å². The van der Waals surface area contributed by atoms with Crippen molar-refractivity contribution >= 4 is 21.6 Å². The third kappa shape index (κ3) is 4.82. The second-order valence-corrected chi connectivity index (χ2v) is 8.28. The van der Waals surface area contributed by atoms with Gasteiger partial charge in [-0.25, -0.2) is 8.42 Å². The number of carbonyl (C=O) groups is 1. The Balaban J connectivity index is 2.21. The van der Waals surface area contributed by atoms with Gasteiger partial charge < -0.3 is 14.8 Å². The summed E-state index contributed by atoms with van der Waals surface area (Å²) in [5.41, 5.74) is 2.66. The lowest BCUT2D eigenvalue weighted by Crippen LogP contribution is -2.42. The molecule has 0 aromatic heterocycles. The second-order valence-electron chi connectivity index (χ2n) is 6.63. The largest absolute Gasteiger partial charge is 0.497 e. The maximum absolute atomic E-state index is 12.8. The molecule has 8 heteroatoms. The fourth-order valence-corrected chi connectivity index (χ4v) is 4.73. The van der Waals surface area contributed by atoms with Crippen LogP contribution in [0.1, 0.15) is 23.6 Å². The number of hydrogen-bond donors (Lipinski definition) is 2. The van der Waals surface area contributed by atoms with E-state index in [1.807, 2.05) is 6.92 Å². The minimum atomic E-state index is -3.86. The van der Waals surface area contributed by atoms with Gasteiger partial charge in [0.15, 0.2) is 0 Å². The number of sulfonamides is 1. The van der Waals surface area contributed by atoms with Crippen LogP contribution in [0.25, 0.3) is 0 Å². The fraction of sp³-hybridized carbons (Fsp3) is 0.350. The molecule has 0 aliphatic carbocycles. The van der Waals surface area contributed by atoms with Gasteiger partial charge >= 0.3 is 0 Å². The molecule has 0 bridgehead atoms. The van der Waals surface area contributed by atoms with Crippen LogP contribution in [0.3, 0.4) is 0 Å². The molecular weight excluding hydrogens is 380 g/mol. The fourth-order valence-electron chi connectivity index (χ4n) is 3.08. The van der Waals surface area contributed by atoms with Gasteiger partial charge in [-0.1, -0.05) is 17.7 Å². The Labute approximate surface area is 166 Å². The Bertz CT molecular complexity index is 963. The zero-order valence-electron chi connectivity index (χ0n) is 16.9. The number of methoxy groups -OCH3 is 2. The van der Waals surface area contributed by atoms with Gasteiger partial charge in [0.25, 0.3) is 0 Å². The van der Waals surface area contributed by atoms with Gasteiger partial charge in [0.2, 0.25) is 15.9 Å². The maximum atomic E-state index is 12.8. The van der Waals surface area contributed by atoms with E-state index in [0.29, 0.717) is 28.3 Å². The monoisotopic (exact) mass is 406 g/mol. The third-order valence-electron chi connectivity index (χ3n) is 4.27. The number of rotatable bonds is 7. The first kappa shape index (κ1) is 21.7. The normalized spacial score (nSPS) is 12.4. The van der Waals surface area contributed by atoms with E-state index < -0.39 is 22.0 Å². The van der Waals surface area contributed by atoms with Crippen LogP contribution in [0.2, 0.25) is 0 Å². The molecule has 0 spiro atoms. The summed E-state index contributed by atoms with van der Waals surface area (Å²) in [6.07, 6.45) is 0. The molecule has 152 valence electrons. The zero-order valence-corrected chi connectivity index (χ0v) is 17.7. The van der Waals surface area contributed by atoms with Crippen molar-refractivity contribution in [2.24, 2.45) is 0 Å². The minimum Gasteiger partial charge on any atom is -0.497 e. The summed E-state index contributed by atoms with van der Waals surface area (Å²) in [4.78, 5) is 12.7. The van der Waals surface area contributed by atoms with Crippen molar-refractivity contribution in [3.8, 4) is 11.5 Å². The number of amides is 1. The smallest absolute Gasteiger partial charge is 0.242 e. The number of anilines is 1. The molecule has 2 aromatic rings. The molecule has 0 heterocycles. The van der Waals surface area contributed by atoms with Gasteiger partial charge in [0.05, 0.1) is 30.8 Å². The Morgan fingerprint density at radius 3 is 2.14 bits per heavy atom. The van der Waals surface area contributed by atoms with Crippen LogP contribution >= 0.6 is 0 Å². The molecule has 1 atom stereocenters. The van der Waals surface area contributed by atoms with Gasteiger partial charge in [-0.15, -0.1) is 0 Å². The number of hydrogen-bond acceptors (Lipinski definition) is 5. The SMILES string of the molecule is COc1ccc(NC(=O)C(C)NS(=O)(=O)c2c(C)cc(C)cc2C)c(OC)c1. The summed E-state index contributed by atoms with van der Waals surface area (Å²) in [7, 11) is -0.865. The van der Waals surface area contributed by atoms with Crippen LogP contribution in [-0.4, -0.2) is 34.6 Å². The lowest BCUT2D eigenvalue weighted by atomic mass is 10.1. The number of ether oxygens (including phenoxy) is 2. The molecule has 0 aliphatic rings. The van der Waals surface area contributed by atoms with Crippen LogP contribution in [0, 0.1) is 20.8 Å². The molecule has 0 fully saturated rings. The first-order valence-electron chi connectivity index (χ1n) is 8.72. The first-order chi connectivity index (χ1) is 13.1. The number of carbonyl (C=O) groups excluding carboxylic acids is 1. The van der Waals surface area contributed by atoms with E-state index in [1.54, 1.807) is 44.2 Å². The summed E-state index contributed by atoms with van der Waals surface area (Å²) in [5, 5.41) is 2.68. The third-order valence-corrected chi connectivity index (χ3v) is 6.11. The van der Waals surface area contributed by atoms with Gasteiger partial charge in [-0.2, -0.15) is 4.72 Å². The molecule has 2 rings (SSSR count). The van der Waals surface area contributed by atoms with Crippen molar-refractivity contribution in [1.29, 1.82) is 0 Å². The van der Waals surface area contributed by atoms with Gasteiger partial charge in [-0.05, 0) is 51.0 Å². The molecule has 0 saturated carbocycles. The van der Waals surface area contributed by atoms with Gasteiger partial charge in [0.1, 0.15) is 11.5 Å². The van der Waals surface area contributed by atoms with Crippen molar-refractivity contribution in [3.05, 3.63) is 47.0 Å². The van der Waals surface area contributed by atoms with E-state index in [9.17, 15) is 13.2 Å². The quantitative estimate of drug-likeness (QED) is 0.737. The standard InChI is InChI=1S/C20H26N2O5S/c1-12-9-13(2)19(14(3)10-12)28(24,25)22-15(4)20(23)21-17-8-7-16(26-5)11-18(17)27-6/h7-11,15,22H,1-6H3,(H,21,23). The second kappa shape index (κ2) is 8.62. The molecule has 2 aromatic carbocycles. The summed E-state index contributed by atoms with van der Waals surface area (Å²) < 4.78 is 38.5. The number of nitrogens with one attached hydrogen (secondary N) is 2. The Hall–Kier alpha value is -2.58. The summed E-state index contributed by atoms with van der Waals surface area (Å²) in [6, 6.07) is 7.54. The van der Waals surface area contributed by atoms with Crippen LogP contribution in [-0.2, 0) is 14.8 Å². The lowest BCUT2D eigenvalue weighted by Gasteiger charge is -2.18. The molecule has 0 saturated heterocycles. The highest BCUT2D eigenvalue weighted by Crippen LogP contribution is 2.29. The van der Waals surface area contributed by atoms with E-state index in [0.717, 1.165) is 5.56 Å². The van der Waals surface area contributed by atoms with Crippen molar-refractivity contribution in [2.45, 2.75) is 38.6 Å². The Morgan fingerprint density at radius 1 is 1.00 bits per heavy atom. The topological polar surface area (TPSA) is 93.7 Å². The Kier molecular flexibility index (Phi) is 6.69. The van der Waals surface area contributed by atoms with E-state index in [1.165, 1.54) is 21.1 Å². The average Bonchev–Trinajstić information content (AvgIpc) is 2.60. The predicted octanol–water partition coefficient (Wildman–Crippen LogP) is 2.93. The van der Waals surface area contributed by atoms with E-state index in [4.69, 9.17) is 9.47 Å². The summed E-state index contributed by atoms with van der Waals surface area (Å²) in [6.45, 7) is 6.87. The highest BCUT2D eigenvalue weighted by atomic mass is 32.2. The summed E-state index contributed by atoms with van der Waals surface area (Å²) >= 11 is 0. The van der Waals surface area contributed by atoms with Crippen LogP contribution < -0.4 is 19.5 Å². The Morgan fingerprint density at radius 2 is 1.61 bits per heavy atom. The molecule has 1 amide bonds. The molecule has 7 nitrogen and oxygen atoms in total. The number of aryl methyl sites for hydroxylation is 3. The molecule has 0 radical (unpaired) electrons. The highest BCUT2D eigenvalue weighted by Gasteiger charge is 2.25. The van der Waals surface area contributed by atoms with Crippen molar-refractivity contribution < 1.29 is 22.7 Å². The van der Waals surface area contributed by atoms with E-state index >= 15 is 0 Å². The first-order valence-corrected chi connectivity index (χ1v) is 10.2. The predicted molar refractivity (Wildman–Crippen MR) is 109 cm³/mol. The maximum Gasteiger partial charge on any atom is 0.242 e. The lowest BCUT2D eigenvalue weighted by molar-refractivity contribution is -0.117. The van der Waals surface area contributed by atoms with Crippen LogP contribution in [0.15, 0.2) is 35.2 Å². The van der Waals surface area contributed by atoms with Gasteiger partial charge in [0, 0.05) is 6.07 Å². The van der Waals surface area contributed by atoms with E-state index in [-0.39, 0.29) is 4.90 Å². The molecule has 28 heavy (non-hydrogen) atoms. The number of benzene rings is 2.